The lowest BCUT2D eigenvalue weighted by Gasteiger charge is -2.54. The van der Waals surface area contributed by atoms with Crippen LogP contribution in [-0.4, -0.2) is 171 Å². The second-order valence-electron chi connectivity index (χ2n) is 36.5. The van der Waals surface area contributed by atoms with E-state index in [0.717, 1.165) is 30.4 Å². The molecule has 1 aromatic carbocycles. The van der Waals surface area contributed by atoms with Crippen molar-refractivity contribution < 1.29 is 70.0 Å². The van der Waals surface area contributed by atoms with Crippen molar-refractivity contribution in [2.75, 3.05) is 20.8 Å². The molecule has 0 bridgehead atoms. The van der Waals surface area contributed by atoms with Gasteiger partial charge in [0.1, 0.15) is 24.4 Å². The van der Waals surface area contributed by atoms with E-state index in [0.29, 0.717) is 50.7 Å². The molecule has 17 atom stereocenters. The molecule has 4 saturated heterocycles. The first-order chi connectivity index (χ1) is 44.3. The number of hydrogen-bond donors (Lipinski definition) is 1. The number of ether oxygens (including phenoxy) is 7. The topological polar surface area (TPSA) is 165 Å². The maximum Gasteiger partial charge on any atom is 0.338 e. The number of aliphatic hydroxyl groups is 1. The van der Waals surface area contributed by atoms with Crippen LogP contribution in [0, 0.1) is 11.8 Å². The Labute approximate surface area is 595 Å². The summed E-state index contributed by atoms with van der Waals surface area (Å²) in [4.78, 5) is 27.5. The van der Waals surface area contributed by atoms with Crippen LogP contribution in [-0.2, 0) is 60.1 Å². The monoisotopic (exact) mass is 1440 g/mol. The number of esters is 2. The van der Waals surface area contributed by atoms with Crippen molar-refractivity contribution in [2.45, 2.75) is 357 Å². The smallest absolute Gasteiger partial charge is 0.338 e. The maximum absolute atomic E-state index is 14.3. The lowest BCUT2D eigenvalue weighted by atomic mass is 9.82. The zero-order valence-corrected chi connectivity index (χ0v) is 71.0. The Morgan fingerprint density at radius 1 is 0.629 bits per heavy atom. The van der Waals surface area contributed by atoms with E-state index in [-0.39, 0.29) is 98.2 Å². The van der Waals surface area contributed by atoms with Gasteiger partial charge in [0.2, 0.25) is 0 Å². The Bertz CT molecular complexity index is 2750. The van der Waals surface area contributed by atoms with Gasteiger partial charge in [-0.25, -0.2) is 4.79 Å². The lowest BCUT2D eigenvalue weighted by molar-refractivity contribution is -0.227. The minimum Gasteiger partial charge on any atom is -0.469 e. The Kier molecular flexibility index (Phi) is 29.7. The second-order valence-corrected chi connectivity index (χ2v) is 60.3. The first-order valence-corrected chi connectivity index (χ1v) is 51.0. The quantitative estimate of drug-likeness (QED) is 0.0424. The van der Waals surface area contributed by atoms with Crippen molar-refractivity contribution in [3.63, 3.8) is 0 Å². The van der Waals surface area contributed by atoms with Crippen molar-refractivity contribution in [1.29, 1.82) is 0 Å². The van der Waals surface area contributed by atoms with Gasteiger partial charge in [0.05, 0.1) is 86.7 Å². The number of rotatable bonds is 31. The molecule has 0 aliphatic carbocycles. The summed E-state index contributed by atoms with van der Waals surface area (Å²) in [5.41, 5.74) is 2.51. The molecule has 4 aliphatic heterocycles. The van der Waals surface area contributed by atoms with Gasteiger partial charge in [0, 0.05) is 25.9 Å². The molecule has 97 heavy (non-hydrogen) atoms. The van der Waals surface area contributed by atoms with Gasteiger partial charge in [-0.15, -0.1) is 6.58 Å². The van der Waals surface area contributed by atoms with Gasteiger partial charge in [-0.2, -0.15) is 0 Å². The highest BCUT2D eigenvalue weighted by molar-refractivity contribution is 6.76. The molecule has 4 heterocycles. The van der Waals surface area contributed by atoms with Crippen LogP contribution in [0.2, 0.25) is 90.7 Å². The van der Waals surface area contributed by atoms with Crippen molar-refractivity contribution in [3.05, 3.63) is 85.0 Å². The molecule has 15 nitrogen and oxygen atoms in total. The molecule has 5 rings (SSSR count). The summed E-state index contributed by atoms with van der Waals surface area (Å²) < 4.78 is 83.4. The molecular weight excluding hydrogens is 1310 g/mol. The average molecular weight is 1440 g/mol. The summed E-state index contributed by atoms with van der Waals surface area (Å²) >= 11 is 0. The van der Waals surface area contributed by atoms with Crippen LogP contribution in [0.3, 0.4) is 0 Å². The van der Waals surface area contributed by atoms with E-state index < -0.39 is 90.3 Å². The zero-order chi connectivity index (χ0) is 73.6. The van der Waals surface area contributed by atoms with Gasteiger partial charge in [0.25, 0.3) is 0 Å². The van der Waals surface area contributed by atoms with E-state index in [1.807, 2.05) is 36.4 Å². The molecule has 0 spiro atoms. The molecule has 0 radical (unpaired) electrons. The van der Waals surface area contributed by atoms with Crippen molar-refractivity contribution in [1.82, 2.24) is 0 Å². The predicted molar refractivity (Wildman–Crippen MR) is 407 cm³/mol. The van der Waals surface area contributed by atoms with Gasteiger partial charge in [-0.3, -0.25) is 4.79 Å². The molecule has 4 fully saturated rings. The van der Waals surface area contributed by atoms with Gasteiger partial charge < -0.3 is 60.4 Å². The summed E-state index contributed by atoms with van der Waals surface area (Å²) in [6.07, 6.45) is 4.17. The van der Waals surface area contributed by atoms with Gasteiger partial charge in [0.15, 0.2) is 47.7 Å². The fourth-order valence-corrected chi connectivity index (χ4v) is 18.5. The van der Waals surface area contributed by atoms with E-state index in [1.54, 1.807) is 19.2 Å². The van der Waals surface area contributed by atoms with Gasteiger partial charge in [-0.1, -0.05) is 160 Å². The minimum atomic E-state index is -2.65. The first-order valence-electron chi connectivity index (χ1n) is 36.5. The van der Waals surface area contributed by atoms with Crippen LogP contribution in [0.1, 0.15) is 185 Å². The Balaban J connectivity index is 1.36. The highest BCUT2D eigenvalue weighted by atomic mass is 28.4. The van der Waals surface area contributed by atoms with Crippen LogP contribution in [0.5, 0.6) is 0 Å². The summed E-state index contributed by atoms with van der Waals surface area (Å²) in [6.45, 7) is 72.0. The number of hydrogen-bond acceptors (Lipinski definition) is 15. The molecule has 20 heteroatoms. The molecule has 0 saturated carbocycles. The average Bonchev–Trinajstić information content (AvgIpc) is 1.13. The van der Waals surface area contributed by atoms with Crippen molar-refractivity contribution >= 4 is 53.5 Å². The summed E-state index contributed by atoms with van der Waals surface area (Å²) in [5.74, 6) is -0.855. The molecule has 1 aromatic rings. The van der Waals surface area contributed by atoms with Crippen LogP contribution in [0.15, 0.2) is 79.4 Å². The fraction of sp³-hybridized carbons (Fsp3) is 0.792. The molecule has 4 aliphatic rings. The molecular formula is C77H138O15Si5. The van der Waals surface area contributed by atoms with E-state index in [9.17, 15) is 14.7 Å². The van der Waals surface area contributed by atoms with Crippen LogP contribution < -0.4 is 0 Å². The Hall–Kier alpha value is -2.24. The van der Waals surface area contributed by atoms with Gasteiger partial charge >= 0.3 is 11.9 Å². The number of methoxy groups -OCH3 is 2. The lowest BCUT2D eigenvalue weighted by Crippen LogP contribution is -2.68. The molecule has 556 valence electrons. The van der Waals surface area contributed by atoms with Crippen LogP contribution in [0.4, 0.5) is 0 Å². The number of aliphatic hydroxyl groups excluding tert-OH is 1. The summed E-state index contributed by atoms with van der Waals surface area (Å²) in [5, 5.41) is 11.5. The number of carbonyl (C=O) groups is 2. The molecule has 11 unspecified atom stereocenters. The van der Waals surface area contributed by atoms with E-state index in [2.05, 4.69) is 196 Å². The second kappa shape index (κ2) is 33.7. The third-order valence-corrected chi connectivity index (χ3v) is 46.4. The minimum absolute atomic E-state index is 0.0189. The highest BCUT2D eigenvalue weighted by Gasteiger charge is 2.58. The highest BCUT2D eigenvalue weighted by Crippen LogP contribution is 2.49. The van der Waals surface area contributed by atoms with Gasteiger partial charge in [-0.05, 0) is 165 Å². The summed E-state index contributed by atoms with van der Waals surface area (Å²) in [7, 11) is -9.10. The van der Waals surface area contributed by atoms with Crippen LogP contribution in [0.25, 0.3) is 0 Å². The van der Waals surface area contributed by atoms with E-state index in [4.69, 9.17) is 55.3 Å². The predicted octanol–water partition coefficient (Wildman–Crippen LogP) is 18.4. The standard InChI is InChI=1S/C77H138O15Si5/c1-32-36-61-68(88-72(80)54-37-34-33-35-38-54)70(91-96(28,29)76(14,15)16)71(92-97(30,31)77(17,18)19)69(87-61)62(90-95(26,27)75(11,12)13)43-40-55(78)39-41-56-46-52(3)60(84-56)44-42-57-45-51(2)53(4)63(85-57)49-64-59(48-66(79)81-20)67(82-21)65(86-64)47-58(89-94(24,25)74(8,9)10)50-83-93(22,23)73(5,6)7/h32-35,37-38,40,43,51,55-65,67-71,78H,1,3-4,36,39,41-42,44-50H2,2,5-31H3/b43-40+/t51?,55?,56?,57?,58?,59?,60-,61-,62?,63?,64-,65+,67+,68?,69-,70?,71?/m0/s1. The molecule has 0 amide bonds. The largest absolute Gasteiger partial charge is 0.469 e. The summed E-state index contributed by atoms with van der Waals surface area (Å²) in [6, 6.07) is 9.08. The third-order valence-electron chi connectivity index (χ3n) is 23.9. The fourth-order valence-electron chi connectivity index (χ4n) is 12.3. The van der Waals surface area contributed by atoms with Crippen molar-refractivity contribution in [3.8, 4) is 0 Å². The van der Waals surface area contributed by atoms with E-state index in [1.165, 1.54) is 7.11 Å². The molecule has 0 aromatic heterocycles. The molecule has 1 N–H and O–H groups in total. The number of benzene rings is 1. The van der Waals surface area contributed by atoms with E-state index >= 15 is 0 Å². The van der Waals surface area contributed by atoms with Crippen LogP contribution >= 0.6 is 0 Å². The first kappa shape index (κ1) is 85.4. The third kappa shape index (κ3) is 22.6. The number of carbonyl (C=O) groups excluding carboxylic acids is 2. The Morgan fingerprint density at radius 3 is 1.71 bits per heavy atom. The normalized spacial score (nSPS) is 28.8. The Morgan fingerprint density at radius 2 is 1.18 bits per heavy atom. The van der Waals surface area contributed by atoms with Crippen molar-refractivity contribution in [2.24, 2.45) is 11.8 Å². The SMILES string of the molecule is C=CC[C@@H]1O[C@@H](C(/C=C/C(O)CCC2CC(=C)[C@H](CCC3CC(C)C(=C)C(C[C@@H]4O[C@H](CC(CO[Si](C)(C)C(C)(C)C)O[Si](C)(C)C(C)(C)C)[C@H](OC)C4CC(=O)OC)O3)O2)O[Si](C)(C)C(C)(C)C)C(O[Si](C)(C)C(C)(C)C)C(O[Si](C)(C)C(C)(C)C)C1OC(=O)c1ccccc1. The zero-order valence-electron chi connectivity index (χ0n) is 66.0. The maximum atomic E-state index is 14.3.